The average molecular weight is 411 g/mol. The third kappa shape index (κ3) is 4.75. The largest absolute Gasteiger partial charge is 0.488 e. The van der Waals surface area contributed by atoms with Crippen LogP contribution in [0.1, 0.15) is 6.42 Å². The van der Waals surface area contributed by atoms with Crippen LogP contribution in [0.2, 0.25) is 0 Å². The van der Waals surface area contributed by atoms with Gasteiger partial charge in [0.05, 0.1) is 12.2 Å². The van der Waals surface area contributed by atoms with Gasteiger partial charge in [-0.3, -0.25) is 0 Å². The van der Waals surface area contributed by atoms with Crippen LogP contribution in [-0.4, -0.2) is 60.1 Å². The number of likely N-dealkylation sites (tertiary alicyclic amines) is 1. The highest BCUT2D eigenvalue weighted by atomic mass is 19.1. The number of benzene rings is 1. The zero-order valence-corrected chi connectivity index (χ0v) is 16.7. The number of guanidine groups is 1. The van der Waals surface area contributed by atoms with Gasteiger partial charge in [-0.05, 0) is 18.2 Å². The minimum Gasteiger partial charge on any atom is -0.488 e. The Morgan fingerprint density at radius 3 is 2.83 bits per heavy atom. The topological polar surface area (TPSA) is 111 Å². The quantitative estimate of drug-likeness (QED) is 0.469. The summed E-state index contributed by atoms with van der Waals surface area (Å²) in [4.78, 5) is 24.8. The maximum atomic E-state index is 14.3. The van der Waals surface area contributed by atoms with E-state index in [0.29, 0.717) is 25.5 Å². The van der Waals surface area contributed by atoms with Crippen LogP contribution in [0.4, 0.5) is 20.7 Å². The van der Waals surface area contributed by atoms with Crippen molar-refractivity contribution in [2.45, 2.75) is 12.5 Å². The van der Waals surface area contributed by atoms with Crippen molar-refractivity contribution in [3.63, 3.8) is 0 Å². The van der Waals surface area contributed by atoms with Gasteiger partial charge in [0.15, 0.2) is 0 Å². The molecule has 1 fully saturated rings. The molecular weight excluding hydrogens is 389 g/mol. The summed E-state index contributed by atoms with van der Waals surface area (Å²) >= 11 is 0. The van der Waals surface area contributed by atoms with E-state index in [0.717, 1.165) is 4.90 Å². The summed E-state index contributed by atoms with van der Waals surface area (Å²) in [7, 11) is 3.61. The number of anilines is 2. The van der Waals surface area contributed by atoms with Crippen LogP contribution in [0.25, 0.3) is 0 Å². The highest BCUT2D eigenvalue weighted by Crippen LogP contribution is 2.30. The molecule has 0 radical (unpaired) electrons. The number of carbonyl (C=O) groups excluding carboxylic acids is 1. The van der Waals surface area contributed by atoms with Gasteiger partial charge in [0, 0.05) is 45.4 Å². The van der Waals surface area contributed by atoms with Gasteiger partial charge in [-0.15, -0.1) is 4.99 Å². The molecule has 3 rings (SSSR count). The smallest absolute Gasteiger partial charge is 0.325 e. The Hall–Kier alpha value is -3.87. The SMILES string of the molecule is CN(C)C(=NC#N)N1CC[C@H](Oc2cc(F)cc(N(C(N)=O)c3ccccn3)c2)C1. The van der Waals surface area contributed by atoms with Crippen LogP contribution in [-0.2, 0) is 0 Å². The number of nitrogens with two attached hydrogens (primary N) is 1. The summed E-state index contributed by atoms with van der Waals surface area (Å²) in [5, 5.41) is 8.89. The molecular formula is C20H22FN7O2. The van der Waals surface area contributed by atoms with E-state index < -0.39 is 11.8 Å². The number of urea groups is 1. The number of aromatic nitrogens is 1. The highest BCUT2D eigenvalue weighted by Gasteiger charge is 2.28. The lowest BCUT2D eigenvalue weighted by Gasteiger charge is -2.25. The fourth-order valence-corrected chi connectivity index (χ4v) is 3.30. The van der Waals surface area contributed by atoms with Crippen LogP contribution < -0.4 is 15.4 Å². The van der Waals surface area contributed by atoms with Crippen molar-refractivity contribution in [3.05, 3.63) is 48.4 Å². The molecule has 1 aromatic heterocycles. The van der Waals surface area contributed by atoms with Gasteiger partial charge in [-0.25, -0.2) is 19.1 Å². The van der Waals surface area contributed by atoms with Crippen LogP contribution in [0, 0.1) is 17.3 Å². The van der Waals surface area contributed by atoms with Gasteiger partial charge in [-0.1, -0.05) is 6.07 Å². The number of primary amides is 1. The van der Waals surface area contributed by atoms with Crippen LogP contribution in [0.3, 0.4) is 0 Å². The van der Waals surface area contributed by atoms with Gasteiger partial charge in [0.25, 0.3) is 0 Å². The zero-order chi connectivity index (χ0) is 21.7. The molecule has 0 spiro atoms. The predicted molar refractivity (Wildman–Crippen MR) is 110 cm³/mol. The number of carbonyl (C=O) groups is 1. The van der Waals surface area contributed by atoms with Crippen molar-refractivity contribution >= 4 is 23.5 Å². The van der Waals surface area contributed by atoms with Gasteiger partial charge in [-0.2, -0.15) is 5.26 Å². The molecule has 0 unspecified atom stereocenters. The Bertz CT molecular complexity index is 975. The van der Waals surface area contributed by atoms with E-state index in [-0.39, 0.29) is 23.4 Å². The second-order valence-corrected chi connectivity index (χ2v) is 6.89. The van der Waals surface area contributed by atoms with E-state index >= 15 is 0 Å². The average Bonchev–Trinajstić information content (AvgIpc) is 3.14. The predicted octanol–water partition coefficient (Wildman–Crippen LogP) is 2.29. The number of aliphatic imine (C=N–C) groups is 1. The second kappa shape index (κ2) is 9.09. The summed E-state index contributed by atoms with van der Waals surface area (Å²) in [5.41, 5.74) is 5.72. The molecule has 2 aromatic rings. The Balaban J connectivity index is 1.80. The number of nitriles is 1. The van der Waals surface area contributed by atoms with Crippen molar-refractivity contribution in [1.29, 1.82) is 5.26 Å². The number of nitrogens with zero attached hydrogens (tertiary/aromatic N) is 6. The number of halogens is 1. The van der Waals surface area contributed by atoms with Crippen molar-refractivity contribution in [2.75, 3.05) is 32.1 Å². The normalized spacial score (nSPS) is 16.1. The molecule has 0 saturated carbocycles. The summed E-state index contributed by atoms with van der Waals surface area (Å²) in [6.07, 6.45) is 3.75. The van der Waals surface area contributed by atoms with Gasteiger partial charge in [0.2, 0.25) is 12.2 Å². The first-order chi connectivity index (χ1) is 14.4. The van der Waals surface area contributed by atoms with Crippen molar-refractivity contribution in [3.8, 4) is 11.9 Å². The minimum absolute atomic E-state index is 0.214. The summed E-state index contributed by atoms with van der Waals surface area (Å²) in [6.45, 7) is 1.14. The molecule has 1 aromatic carbocycles. The molecule has 1 atom stereocenters. The molecule has 9 nitrogen and oxygen atoms in total. The van der Waals surface area contributed by atoms with Gasteiger partial charge < -0.3 is 20.3 Å². The van der Waals surface area contributed by atoms with Crippen molar-refractivity contribution in [1.82, 2.24) is 14.8 Å². The maximum Gasteiger partial charge on any atom is 0.325 e. The monoisotopic (exact) mass is 411 g/mol. The first-order valence-electron chi connectivity index (χ1n) is 9.26. The third-order valence-electron chi connectivity index (χ3n) is 4.49. The van der Waals surface area contributed by atoms with E-state index in [1.54, 1.807) is 49.5 Å². The van der Waals surface area contributed by atoms with E-state index in [1.165, 1.54) is 18.3 Å². The van der Waals surface area contributed by atoms with Crippen LogP contribution in [0.5, 0.6) is 5.75 Å². The first-order valence-corrected chi connectivity index (χ1v) is 9.26. The molecule has 0 aliphatic carbocycles. The fourth-order valence-electron chi connectivity index (χ4n) is 3.30. The molecule has 2 heterocycles. The standard InChI is InChI=1S/C20H22FN7O2/c1-26(2)20(25-13-22)27-8-6-16(12-27)30-17-10-14(21)9-15(11-17)28(19(23)29)18-5-3-4-7-24-18/h3-5,7,9-11,16H,6,8,12H2,1-2H3,(H2,23,29)/t16-/m0/s1. The lowest BCUT2D eigenvalue weighted by molar-refractivity contribution is 0.212. The lowest BCUT2D eigenvalue weighted by atomic mass is 10.2. The van der Waals surface area contributed by atoms with Crippen molar-refractivity contribution < 1.29 is 13.9 Å². The summed E-state index contributed by atoms with van der Waals surface area (Å²) < 4.78 is 20.3. The van der Waals surface area contributed by atoms with Gasteiger partial charge in [0.1, 0.15) is 23.5 Å². The fraction of sp³-hybridized carbons (Fsp3) is 0.300. The number of ether oxygens (including phenoxy) is 1. The van der Waals surface area contributed by atoms with E-state index in [2.05, 4.69) is 9.98 Å². The maximum absolute atomic E-state index is 14.3. The number of rotatable bonds is 4. The molecule has 1 saturated heterocycles. The lowest BCUT2D eigenvalue weighted by Crippen LogP contribution is -2.40. The first kappa shape index (κ1) is 20.9. The summed E-state index contributed by atoms with van der Waals surface area (Å²) in [6, 6.07) is 8.20. The molecule has 156 valence electrons. The summed E-state index contributed by atoms with van der Waals surface area (Å²) in [5.74, 6) is 0.512. The Morgan fingerprint density at radius 1 is 1.40 bits per heavy atom. The highest BCUT2D eigenvalue weighted by molar-refractivity contribution is 5.97. The third-order valence-corrected chi connectivity index (χ3v) is 4.49. The Labute approximate surface area is 173 Å². The molecule has 0 bridgehead atoms. The van der Waals surface area contributed by atoms with E-state index in [4.69, 9.17) is 15.7 Å². The van der Waals surface area contributed by atoms with Crippen molar-refractivity contribution in [2.24, 2.45) is 10.7 Å². The van der Waals surface area contributed by atoms with Gasteiger partial charge >= 0.3 is 6.03 Å². The Kier molecular flexibility index (Phi) is 6.32. The molecule has 1 aliphatic rings. The van der Waals surface area contributed by atoms with E-state index in [9.17, 15) is 9.18 Å². The second-order valence-electron chi connectivity index (χ2n) is 6.89. The molecule has 10 heteroatoms. The Morgan fingerprint density at radius 2 is 2.20 bits per heavy atom. The minimum atomic E-state index is -0.791. The zero-order valence-electron chi connectivity index (χ0n) is 16.7. The molecule has 30 heavy (non-hydrogen) atoms. The number of hydrogen-bond donors (Lipinski definition) is 1. The van der Waals surface area contributed by atoms with Crippen LogP contribution in [0.15, 0.2) is 47.6 Å². The molecule has 2 N–H and O–H groups in total. The number of amides is 2. The molecule has 2 amide bonds. The van der Waals surface area contributed by atoms with Crippen LogP contribution >= 0.6 is 0 Å². The number of pyridine rings is 1. The number of hydrogen-bond acceptors (Lipinski definition) is 5. The molecule has 1 aliphatic heterocycles. The van der Waals surface area contributed by atoms with E-state index in [1.807, 2.05) is 4.90 Å².